The predicted molar refractivity (Wildman–Crippen MR) is 155 cm³/mol. The summed E-state index contributed by atoms with van der Waals surface area (Å²) in [5.41, 5.74) is 5.33. The van der Waals surface area contributed by atoms with Gasteiger partial charge in [-0.25, -0.2) is 9.59 Å². The number of nitrogen functional groups attached to an aromatic ring is 1. The van der Waals surface area contributed by atoms with Gasteiger partial charge in [0.25, 0.3) is 5.91 Å². The number of carbonyl (C=O) groups is 3. The molecule has 0 saturated heterocycles. The summed E-state index contributed by atoms with van der Waals surface area (Å²) in [4.78, 5) is 38.8. The van der Waals surface area contributed by atoms with E-state index in [4.69, 9.17) is 25.4 Å². The molecule has 0 saturated carbocycles. The van der Waals surface area contributed by atoms with Gasteiger partial charge in [0.1, 0.15) is 11.6 Å². The van der Waals surface area contributed by atoms with Crippen molar-refractivity contribution in [2.75, 3.05) is 20.3 Å². The molecular weight excluding hydrogens is 530 g/mol. The summed E-state index contributed by atoms with van der Waals surface area (Å²) >= 11 is 0. The van der Waals surface area contributed by atoms with E-state index in [1.165, 1.54) is 19.2 Å². The van der Waals surface area contributed by atoms with Crippen LogP contribution in [-0.4, -0.2) is 71.2 Å². The second kappa shape index (κ2) is 15.3. The number of amidine groups is 1. The molecule has 41 heavy (non-hydrogen) atoms. The van der Waals surface area contributed by atoms with E-state index < -0.39 is 23.4 Å². The topological polar surface area (TPSA) is 172 Å². The quantitative estimate of drug-likeness (QED) is 0.0988. The van der Waals surface area contributed by atoms with Gasteiger partial charge in [0, 0.05) is 29.3 Å². The fraction of sp³-hybridized carbons (Fsp3) is 0.400. The number of nitrogens with zero attached hydrogens (tertiary/aromatic N) is 1. The SMILES string of the molecule is COc1c(OCCCCCOc2ccc(C(=N)N)cc2)ccc(C(=O)N(C(C)C)C(C)C)c1/C(=C\C(=O)O)C(=O)O. The van der Waals surface area contributed by atoms with Crippen LogP contribution in [-0.2, 0) is 9.59 Å². The molecule has 11 heteroatoms. The van der Waals surface area contributed by atoms with Crippen LogP contribution in [0.1, 0.15) is 68.4 Å². The minimum Gasteiger partial charge on any atom is -0.494 e. The Balaban J connectivity index is 2.20. The zero-order valence-electron chi connectivity index (χ0n) is 24.1. The number of aliphatic carboxylic acids is 2. The molecule has 0 fully saturated rings. The highest BCUT2D eigenvalue weighted by Gasteiger charge is 2.31. The lowest BCUT2D eigenvalue weighted by Gasteiger charge is -2.32. The number of carboxylic acids is 2. The van der Waals surface area contributed by atoms with Crippen LogP contribution in [0.5, 0.6) is 17.2 Å². The van der Waals surface area contributed by atoms with E-state index in [0.717, 1.165) is 12.8 Å². The first-order valence-electron chi connectivity index (χ1n) is 13.3. The predicted octanol–water partition coefficient (Wildman–Crippen LogP) is 4.42. The van der Waals surface area contributed by atoms with Crippen LogP contribution in [0.2, 0.25) is 0 Å². The van der Waals surface area contributed by atoms with Crippen LogP contribution in [0.15, 0.2) is 42.5 Å². The molecule has 5 N–H and O–H groups in total. The average molecular weight is 570 g/mol. The molecule has 0 spiro atoms. The molecule has 0 atom stereocenters. The van der Waals surface area contributed by atoms with Gasteiger partial charge in [0.2, 0.25) is 0 Å². The molecule has 2 rings (SSSR count). The number of rotatable bonds is 16. The lowest BCUT2D eigenvalue weighted by molar-refractivity contribution is -0.133. The number of hydrogen-bond donors (Lipinski definition) is 4. The lowest BCUT2D eigenvalue weighted by Crippen LogP contribution is -2.42. The number of nitrogens with two attached hydrogens (primary N) is 1. The van der Waals surface area contributed by atoms with E-state index in [0.29, 0.717) is 30.4 Å². The minimum absolute atomic E-state index is 0.0000146. The molecule has 0 unspecified atom stereocenters. The van der Waals surface area contributed by atoms with Crippen molar-refractivity contribution < 1.29 is 38.8 Å². The number of carbonyl (C=O) groups excluding carboxylic acids is 1. The maximum absolute atomic E-state index is 13.6. The van der Waals surface area contributed by atoms with Gasteiger partial charge in [-0.1, -0.05) is 0 Å². The van der Waals surface area contributed by atoms with E-state index in [9.17, 15) is 24.6 Å². The van der Waals surface area contributed by atoms with Gasteiger partial charge >= 0.3 is 11.9 Å². The molecule has 0 aliphatic rings. The first-order chi connectivity index (χ1) is 19.4. The van der Waals surface area contributed by atoms with Gasteiger partial charge in [0.15, 0.2) is 11.5 Å². The maximum Gasteiger partial charge on any atom is 0.336 e. The summed E-state index contributed by atoms with van der Waals surface area (Å²) in [5, 5.41) is 26.7. The van der Waals surface area contributed by atoms with Crippen molar-refractivity contribution in [3.8, 4) is 17.2 Å². The van der Waals surface area contributed by atoms with Crippen LogP contribution >= 0.6 is 0 Å². The van der Waals surface area contributed by atoms with Crippen molar-refractivity contribution in [2.24, 2.45) is 5.73 Å². The van der Waals surface area contributed by atoms with Crippen LogP contribution in [0.4, 0.5) is 0 Å². The van der Waals surface area contributed by atoms with Crippen LogP contribution in [0.3, 0.4) is 0 Å². The Morgan fingerprint density at radius 2 is 1.51 bits per heavy atom. The Labute approximate surface area is 240 Å². The zero-order valence-corrected chi connectivity index (χ0v) is 24.1. The highest BCUT2D eigenvalue weighted by molar-refractivity contribution is 6.23. The second-order valence-electron chi connectivity index (χ2n) is 9.82. The molecule has 0 aliphatic carbocycles. The summed E-state index contributed by atoms with van der Waals surface area (Å²) in [6.45, 7) is 8.11. The maximum atomic E-state index is 13.6. The first kappa shape index (κ1) is 32.7. The number of benzene rings is 2. The van der Waals surface area contributed by atoms with Crippen LogP contribution in [0.25, 0.3) is 5.57 Å². The summed E-state index contributed by atoms with van der Waals surface area (Å²) in [5.74, 6) is -2.62. The van der Waals surface area contributed by atoms with Crippen molar-refractivity contribution in [2.45, 2.75) is 59.0 Å². The molecule has 0 radical (unpaired) electrons. The standard InChI is InChI=1S/C30H39N3O8/c1-18(2)33(19(3)4)29(36)22-13-14-24(27(39-5)26(22)23(30(37)38)17-25(34)35)41-16-8-6-7-15-40-21-11-9-20(10-12-21)28(31)32/h9-14,17-19H,6-8,15-16H2,1-5H3,(H3,31,32)(H,34,35)(H,37,38)/b23-17+. The summed E-state index contributed by atoms with van der Waals surface area (Å²) < 4.78 is 17.1. The average Bonchev–Trinajstić information content (AvgIpc) is 2.90. The normalized spacial score (nSPS) is 11.3. The highest BCUT2D eigenvalue weighted by Crippen LogP contribution is 2.39. The molecule has 0 aromatic heterocycles. The van der Waals surface area contributed by atoms with Crippen molar-refractivity contribution in [1.29, 1.82) is 5.41 Å². The van der Waals surface area contributed by atoms with Gasteiger partial charge in [0.05, 0.1) is 31.5 Å². The lowest BCUT2D eigenvalue weighted by atomic mass is 9.95. The van der Waals surface area contributed by atoms with E-state index in [1.807, 2.05) is 27.7 Å². The molecule has 0 aliphatic heterocycles. The minimum atomic E-state index is -1.52. The second-order valence-corrected chi connectivity index (χ2v) is 9.82. The third-order valence-electron chi connectivity index (χ3n) is 6.15. The van der Waals surface area contributed by atoms with E-state index >= 15 is 0 Å². The third kappa shape index (κ3) is 8.99. The molecule has 0 bridgehead atoms. The largest absolute Gasteiger partial charge is 0.494 e. The van der Waals surface area contributed by atoms with Gasteiger partial charge in [-0.15, -0.1) is 0 Å². The van der Waals surface area contributed by atoms with E-state index in [-0.39, 0.29) is 47.2 Å². The number of carboxylic acid groups (broad SMARTS) is 2. The van der Waals surface area contributed by atoms with Crippen molar-refractivity contribution >= 4 is 29.3 Å². The summed E-state index contributed by atoms with van der Waals surface area (Å²) in [6, 6.07) is 9.52. The number of amides is 1. The first-order valence-corrected chi connectivity index (χ1v) is 13.3. The summed E-state index contributed by atoms with van der Waals surface area (Å²) in [7, 11) is 1.31. The molecule has 0 heterocycles. The highest BCUT2D eigenvalue weighted by atomic mass is 16.5. The fourth-order valence-corrected chi connectivity index (χ4v) is 4.38. The molecular formula is C30H39N3O8. The smallest absolute Gasteiger partial charge is 0.336 e. The number of nitrogens with one attached hydrogen (secondary N) is 1. The molecule has 11 nitrogen and oxygen atoms in total. The van der Waals surface area contributed by atoms with Crippen molar-refractivity contribution in [3.63, 3.8) is 0 Å². The van der Waals surface area contributed by atoms with Crippen molar-refractivity contribution in [3.05, 3.63) is 59.2 Å². The molecule has 222 valence electrons. The Kier molecular flexibility index (Phi) is 12.2. The Bertz CT molecular complexity index is 1260. The van der Waals surface area contributed by atoms with E-state index in [1.54, 1.807) is 29.2 Å². The number of ether oxygens (including phenoxy) is 3. The van der Waals surface area contributed by atoms with Crippen molar-refractivity contribution in [1.82, 2.24) is 4.90 Å². The van der Waals surface area contributed by atoms with Crippen LogP contribution < -0.4 is 19.9 Å². The van der Waals surface area contributed by atoms with Crippen LogP contribution in [0, 0.1) is 5.41 Å². The number of hydrogen-bond acceptors (Lipinski definition) is 7. The monoisotopic (exact) mass is 569 g/mol. The number of unbranched alkanes of at least 4 members (excludes halogenated alkanes) is 2. The van der Waals surface area contributed by atoms with E-state index in [2.05, 4.69) is 0 Å². The molecule has 2 aromatic rings. The Hall–Kier alpha value is -4.54. The summed E-state index contributed by atoms with van der Waals surface area (Å²) in [6.07, 6.45) is 2.72. The molecule has 1 amide bonds. The van der Waals surface area contributed by atoms with Gasteiger partial charge in [-0.05, 0) is 83.4 Å². The fourth-order valence-electron chi connectivity index (χ4n) is 4.38. The Morgan fingerprint density at radius 1 is 0.927 bits per heavy atom. The number of methoxy groups -OCH3 is 1. The van der Waals surface area contributed by atoms with Gasteiger partial charge in [-0.3, -0.25) is 10.2 Å². The molecule has 2 aromatic carbocycles. The van der Waals surface area contributed by atoms with Gasteiger partial charge in [-0.2, -0.15) is 0 Å². The Morgan fingerprint density at radius 3 is 2.00 bits per heavy atom. The zero-order chi connectivity index (χ0) is 30.7. The van der Waals surface area contributed by atoms with Gasteiger partial charge < -0.3 is 35.1 Å². The third-order valence-corrected chi connectivity index (χ3v) is 6.15.